The minimum atomic E-state index is 0.146. The van der Waals surface area contributed by atoms with Gasteiger partial charge in [0.05, 0.1) is 0 Å². The van der Waals surface area contributed by atoms with Gasteiger partial charge in [-0.2, -0.15) is 10.1 Å². The van der Waals surface area contributed by atoms with E-state index in [0.29, 0.717) is 30.6 Å². The topological polar surface area (TPSA) is 72.2 Å². The van der Waals surface area contributed by atoms with Crippen LogP contribution in [0, 0.1) is 31.6 Å². The van der Waals surface area contributed by atoms with Crippen LogP contribution in [0.25, 0.3) is 5.78 Å². The van der Waals surface area contributed by atoms with Crippen LogP contribution < -0.4 is 5.32 Å². The summed E-state index contributed by atoms with van der Waals surface area (Å²) in [6, 6.07) is 0.293. The molecule has 0 spiro atoms. The third-order valence-electron chi connectivity index (χ3n) is 6.41. The molecular weight excluding hydrogens is 314 g/mol. The van der Waals surface area contributed by atoms with E-state index < -0.39 is 0 Å². The number of nitrogens with one attached hydrogen (secondary N) is 1. The van der Waals surface area contributed by atoms with Gasteiger partial charge in [0.2, 0.25) is 5.91 Å². The number of carbonyl (C=O) groups is 1. The molecule has 2 bridgehead atoms. The van der Waals surface area contributed by atoms with Gasteiger partial charge in [-0.3, -0.25) is 4.79 Å². The molecule has 134 valence electrons. The molecule has 0 radical (unpaired) electrons. The zero-order valence-electron chi connectivity index (χ0n) is 15.3. The molecule has 4 atom stereocenters. The lowest BCUT2D eigenvalue weighted by molar-refractivity contribution is -0.122. The Labute approximate surface area is 148 Å². The Hall–Kier alpha value is -1.98. The largest absolute Gasteiger partial charge is 0.353 e. The summed E-state index contributed by atoms with van der Waals surface area (Å²) in [5, 5.41) is 7.47. The predicted molar refractivity (Wildman–Crippen MR) is 95.1 cm³/mol. The number of hydrogen-bond acceptors (Lipinski definition) is 4. The monoisotopic (exact) mass is 341 g/mol. The van der Waals surface area contributed by atoms with Crippen molar-refractivity contribution in [2.45, 2.75) is 65.3 Å². The molecule has 2 aromatic heterocycles. The summed E-state index contributed by atoms with van der Waals surface area (Å²) in [4.78, 5) is 21.1. The Morgan fingerprint density at radius 2 is 2.20 bits per heavy atom. The number of carbonyl (C=O) groups excluding carboxylic acids is 1. The average Bonchev–Trinajstić information content (AvgIpc) is 3.30. The molecule has 2 saturated carbocycles. The minimum Gasteiger partial charge on any atom is -0.353 e. The van der Waals surface area contributed by atoms with E-state index in [2.05, 4.69) is 27.3 Å². The Morgan fingerprint density at radius 1 is 1.36 bits per heavy atom. The summed E-state index contributed by atoms with van der Waals surface area (Å²) in [5.41, 5.74) is 3.06. The van der Waals surface area contributed by atoms with Crippen molar-refractivity contribution in [3.63, 3.8) is 0 Å². The van der Waals surface area contributed by atoms with Gasteiger partial charge in [0.25, 0.3) is 5.78 Å². The molecule has 6 nitrogen and oxygen atoms in total. The number of nitrogens with zero attached hydrogens (tertiary/aromatic N) is 4. The number of fused-ring (bicyclic) bond motifs is 3. The van der Waals surface area contributed by atoms with E-state index in [0.717, 1.165) is 28.8 Å². The van der Waals surface area contributed by atoms with Gasteiger partial charge in [-0.1, -0.05) is 6.42 Å². The first kappa shape index (κ1) is 16.5. The molecule has 0 aliphatic heterocycles. The van der Waals surface area contributed by atoms with Crippen LogP contribution in [0.4, 0.5) is 0 Å². The van der Waals surface area contributed by atoms with Gasteiger partial charge in [-0.15, -0.1) is 0 Å². The van der Waals surface area contributed by atoms with Crippen molar-refractivity contribution in [3.8, 4) is 0 Å². The summed E-state index contributed by atoms with van der Waals surface area (Å²) in [6.07, 6.45) is 8.15. The van der Waals surface area contributed by atoms with Gasteiger partial charge in [-0.25, -0.2) is 9.50 Å². The second kappa shape index (κ2) is 6.39. The van der Waals surface area contributed by atoms with Gasteiger partial charge in [0.15, 0.2) is 0 Å². The lowest BCUT2D eigenvalue weighted by Gasteiger charge is -2.28. The maximum Gasteiger partial charge on any atom is 0.252 e. The summed E-state index contributed by atoms with van der Waals surface area (Å²) >= 11 is 0. The van der Waals surface area contributed by atoms with Gasteiger partial charge in [-0.05, 0) is 69.8 Å². The molecule has 0 aromatic carbocycles. The molecule has 2 fully saturated rings. The van der Waals surface area contributed by atoms with Crippen LogP contribution in [-0.4, -0.2) is 31.5 Å². The lowest BCUT2D eigenvalue weighted by atomic mass is 9.84. The first-order valence-electron chi connectivity index (χ1n) is 9.48. The van der Waals surface area contributed by atoms with Crippen molar-refractivity contribution in [3.05, 3.63) is 23.3 Å². The minimum absolute atomic E-state index is 0.146. The molecule has 1 N–H and O–H groups in total. The molecule has 2 aliphatic carbocycles. The average molecular weight is 341 g/mol. The molecule has 6 heteroatoms. The normalized spacial score (nSPS) is 26.3. The van der Waals surface area contributed by atoms with Crippen molar-refractivity contribution < 1.29 is 4.79 Å². The number of amides is 1. The van der Waals surface area contributed by atoms with Crippen LogP contribution in [0.2, 0.25) is 0 Å². The highest BCUT2D eigenvalue weighted by molar-refractivity contribution is 5.76. The van der Waals surface area contributed by atoms with E-state index in [1.165, 1.54) is 32.0 Å². The molecular formula is C19H27N5O. The SMILES string of the molecule is Cc1nc2ncnn2c(C)c1CCC(=O)N[C@@H](C)[C@@H]1C[C@H]2CC[C@H]1C2. The van der Waals surface area contributed by atoms with E-state index in [-0.39, 0.29) is 5.91 Å². The standard InChI is InChI=1S/C19H27N5O/c1-11-16(13(3)24-19(23-11)20-10-21-24)6-7-18(25)22-12(2)17-9-14-4-5-15(17)8-14/h10,12,14-15,17H,4-9H2,1-3H3,(H,22,25)/t12-,14-,15-,17-/m0/s1. The van der Waals surface area contributed by atoms with Crippen LogP contribution in [-0.2, 0) is 11.2 Å². The maximum atomic E-state index is 12.5. The molecule has 25 heavy (non-hydrogen) atoms. The molecule has 0 unspecified atom stereocenters. The fourth-order valence-corrected chi connectivity index (χ4v) is 5.10. The van der Waals surface area contributed by atoms with Crippen LogP contribution in [0.15, 0.2) is 6.33 Å². The second-order valence-corrected chi connectivity index (χ2v) is 7.93. The lowest BCUT2D eigenvalue weighted by Crippen LogP contribution is -2.40. The van der Waals surface area contributed by atoms with Crippen molar-refractivity contribution in [1.29, 1.82) is 0 Å². The number of aryl methyl sites for hydroxylation is 2. The van der Waals surface area contributed by atoms with E-state index in [1.54, 1.807) is 4.52 Å². The number of hydrogen-bond donors (Lipinski definition) is 1. The fourth-order valence-electron chi connectivity index (χ4n) is 5.10. The Bertz CT molecular complexity index is 798. The maximum absolute atomic E-state index is 12.5. The van der Waals surface area contributed by atoms with E-state index in [1.807, 2.05) is 13.8 Å². The summed E-state index contributed by atoms with van der Waals surface area (Å²) in [6.45, 7) is 6.18. The number of aromatic nitrogens is 4. The van der Waals surface area contributed by atoms with Gasteiger partial charge in [0, 0.05) is 23.9 Å². The Balaban J connectivity index is 1.37. The highest BCUT2D eigenvalue weighted by Gasteiger charge is 2.42. The highest BCUT2D eigenvalue weighted by atomic mass is 16.1. The predicted octanol–water partition coefficient (Wildman–Crippen LogP) is 2.61. The smallest absolute Gasteiger partial charge is 0.252 e. The van der Waals surface area contributed by atoms with Crippen LogP contribution >= 0.6 is 0 Å². The van der Waals surface area contributed by atoms with Gasteiger partial charge < -0.3 is 5.32 Å². The van der Waals surface area contributed by atoms with Crippen molar-refractivity contribution >= 4 is 11.7 Å². The third-order valence-corrected chi connectivity index (χ3v) is 6.41. The summed E-state index contributed by atoms with van der Waals surface area (Å²) in [5.74, 6) is 3.20. The van der Waals surface area contributed by atoms with E-state index in [9.17, 15) is 4.79 Å². The summed E-state index contributed by atoms with van der Waals surface area (Å²) < 4.78 is 1.75. The molecule has 4 rings (SSSR count). The molecule has 1 amide bonds. The van der Waals surface area contributed by atoms with Gasteiger partial charge >= 0.3 is 0 Å². The fraction of sp³-hybridized carbons (Fsp3) is 0.684. The van der Waals surface area contributed by atoms with E-state index in [4.69, 9.17) is 0 Å². The molecule has 0 saturated heterocycles. The summed E-state index contributed by atoms with van der Waals surface area (Å²) in [7, 11) is 0. The van der Waals surface area contributed by atoms with Crippen LogP contribution in [0.1, 0.15) is 56.0 Å². The van der Waals surface area contributed by atoms with Crippen LogP contribution in [0.5, 0.6) is 0 Å². The Morgan fingerprint density at radius 3 is 2.92 bits per heavy atom. The van der Waals surface area contributed by atoms with Gasteiger partial charge in [0.1, 0.15) is 6.33 Å². The Kier molecular flexibility index (Phi) is 4.21. The van der Waals surface area contributed by atoms with Crippen molar-refractivity contribution in [2.24, 2.45) is 17.8 Å². The number of rotatable bonds is 5. The zero-order valence-corrected chi connectivity index (χ0v) is 15.3. The second-order valence-electron chi connectivity index (χ2n) is 7.93. The molecule has 2 heterocycles. The van der Waals surface area contributed by atoms with E-state index >= 15 is 0 Å². The highest BCUT2D eigenvalue weighted by Crippen LogP contribution is 2.49. The van der Waals surface area contributed by atoms with Crippen molar-refractivity contribution in [2.75, 3.05) is 0 Å². The molecule has 2 aromatic rings. The van der Waals surface area contributed by atoms with Crippen molar-refractivity contribution in [1.82, 2.24) is 24.9 Å². The quantitative estimate of drug-likeness (QED) is 0.907. The third kappa shape index (κ3) is 3.02. The van der Waals surface area contributed by atoms with Crippen LogP contribution in [0.3, 0.4) is 0 Å². The first-order chi connectivity index (χ1) is 12.0. The first-order valence-corrected chi connectivity index (χ1v) is 9.48. The zero-order chi connectivity index (χ0) is 17.6. The molecule has 2 aliphatic rings.